The van der Waals surface area contributed by atoms with Gasteiger partial charge in [0.2, 0.25) is 0 Å². The summed E-state index contributed by atoms with van der Waals surface area (Å²) in [4.78, 5) is 25.7. The molecule has 0 N–H and O–H groups in total. The van der Waals surface area contributed by atoms with Crippen molar-refractivity contribution in [2.45, 2.75) is 83.9 Å². The number of rotatable bonds is 7. The number of hydrogen-bond acceptors (Lipinski definition) is 7. The van der Waals surface area contributed by atoms with Crippen LogP contribution in [-0.2, 0) is 25.1 Å². The van der Waals surface area contributed by atoms with Crippen molar-refractivity contribution in [2.24, 2.45) is 29.1 Å². The molecule has 6 unspecified atom stereocenters. The lowest BCUT2D eigenvalue weighted by Crippen LogP contribution is -2.75. The number of hydrogen-bond donors (Lipinski definition) is 0. The normalized spacial score (nSPS) is 36.7. The molecule has 1 aromatic rings. The number of fused-ring (bicyclic) bond motifs is 2. The fourth-order valence-corrected chi connectivity index (χ4v) is 8.34. The molecule has 9 heteroatoms. The fraction of sp³-hybridized carbons (Fsp3) is 0.704. The Hall–Kier alpha value is -1.77. The van der Waals surface area contributed by atoms with Gasteiger partial charge in [-0.1, -0.05) is 31.0 Å². The Morgan fingerprint density at radius 3 is 2.69 bits per heavy atom. The van der Waals surface area contributed by atoms with Gasteiger partial charge >= 0.3 is 19.2 Å². The van der Waals surface area contributed by atoms with E-state index < -0.39 is 24.8 Å². The van der Waals surface area contributed by atoms with Crippen LogP contribution >= 0.6 is 11.6 Å². The van der Waals surface area contributed by atoms with Gasteiger partial charge in [-0.25, -0.2) is 9.59 Å². The first-order chi connectivity index (χ1) is 17.0. The summed E-state index contributed by atoms with van der Waals surface area (Å²) >= 11 is 6.44. The molecule has 1 spiro atoms. The zero-order chi connectivity index (χ0) is 25.6. The Kier molecular flexibility index (Phi) is 5.54. The minimum absolute atomic E-state index is 0.0163. The summed E-state index contributed by atoms with van der Waals surface area (Å²) in [5.74, 6) is 2.21. The van der Waals surface area contributed by atoms with Crippen LogP contribution in [0.4, 0.5) is 4.79 Å². The van der Waals surface area contributed by atoms with E-state index in [2.05, 4.69) is 6.92 Å². The van der Waals surface area contributed by atoms with Gasteiger partial charge in [0.1, 0.15) is 11.2 Å². The minimum atomic E-state index is -0.913. The van der Waals surface area contributed by atoms with Gasteiger partial charge in [0.25, 0.3) is 0 Å². The first-order valence-corrected chi connectivity index (χ1v) is 13.6. The van der Waals surface area contributed by atoms with Crippen LogP contribution in [0.2, 0.25) is 5.02 Å². The molecular weight excluding hydrogens is 483 g/mol. The Morgan fingerprint density at radius 1 is 1.22 bits per heavy atom. The SMILES string of the molecule is CCCCOC(=O)c1c(Cl)ccc(CB2OC3CC4C5CC6C45C3[C@@]6(C)O2)c1OC(=O)OC(C)(C)C. The maximum Gasteiger partial charge on any atom is 0.514 e. The molecule has 1 heterocycles. The average Bonchev–Trinajstić information content (AvgIpc) is 3.10. The summed E-state index contributed by atoms with van der Waals surface area (Å²) < 4.78 is 29.5. The highest BCUT2D eigenvalue weighted by Gasteiger charge is 2.95. The Morgan fingerprint density at radius 2 is 1.97 bits per heavy atom. The summed E-state index contributed by atoms with van der Waals surface area (Å²) in [6.07, 6.45) is 3.58. The standard InChI is InChI=1S/C27H34BClO7/c1-6-7-10-32-23(30)20-17(29)9-8-14(21(20)33-24(31)34-25(2,3)4)13-28-35-18-11-15-16-12-19-26(5,36-28)22(18)27(15,16)19/h8-9,15-16,18-19,22H,6-7,10-13H2,1-5H3/t15?,16?,18?,19?,22?,26-,27?/m0/s1. The largest absolute Gasteiger partial charge is 0.514 e. The number of ether oxygens (including phenoxy) is 3. The first kappa shape index (κ1) is 24.6. The highest BCUT2D eigenvalue weighted by atomic mass is 35.5. The van der Waals surface area contributed by atoms with E-state index in [-0.39, 0.29) is 34.6 Å². The molecule has 0 aromatic heterocycles. The quantitative estimate of drug-likeness (QED) is 0.201. The van der Waals surface area contributed by atoms with Crippen LogP contribution in [0.15, 0.2) is 12.1 Å². The molecule has 5 fully saturated rings. The highest BCUT2D eigenvalue weighted by molar-refractivity contribution is 6.44. The van der Waals surface area contributed by atoms with E-state index in [0.29, 0.717) is 29.1 Å². The molecule has 0 bridgehead atoms. The van der Waals surface area contributed by atoms with E-state index in [4.69, 9.17) is 35.1 Å². The molecule has 4 aliphatic carbocycles. The van der Waals surface area contributed by atoms with Crippen molar-refractivity contribution in [1.82, 2.24) is 0 Å². The summed E-state index contributed by atoms with van der Waals surface area (Å²) in [6, 6.07) is 3.38. The van der Waals surface area contributed by atoms with Crippen molar-refractivity contribution in [3.63, 3.8) is 0 Å². The Bertz CT molecular complexity index is 1120. The van der Waals surface area contributed by atoms with Gasteiger partial charge in [-0.2, -0.15) is 0 Å². The van der Waals surface area contributed by atoms with Crippen molar-refractivity contribution < 1.29 is 33.1 Å². The number of carbonyl (C=O) groups excluding carboxylic acids is 2. The van der Waals surface area contributed by atoms with Gasteiger partial charge in [-0.15, -0.1) is 0 Å². The molecule has 194 valence electrons. The van der Waals surface area contributed by atoms with E-state index >= 15 is 0 Å². The van der Waals surface area contributed by atoms with Gasteiger partial charge in [0.15, 0.2) is 5.75 Å². The van der Waals surface area contributed by atoms with Crippen LogP contribution in [0.1, 0.15) is 76.2 Å². The van der Waals surface area contributed by atoms with Crippen LogP contribution in [0.3, 0.4) is 0 Å². The molecule has 4 saturated carbocycles. The number of unbranched alkanes of at least 4 members (excludes halogenated alkanes) is 1. The van der Waals surface area contributed by atoms with Gasteiger partial charge in [-0.05, 0) is 81.8 Å². The smallest absolute Gasteiger partial charge is 0.462 e. The van der Waals surface area contributed by atoms with Crippen LogP contribution in [0, 0.1) is 29.1 Å². The topological polar surface area (TPSA) is 80.3 Å². The van der Waals surface area contributed by atoms with E-state index in [0.717, 1.165) is 31.1 Å². The molecule has 1 aliphatic heterocycles. The molecule has 7 atom stereocenters. The van der Waals surface area contributed by atoms with Crippen molar-refractivity contribution >= 4 is 30.8 Å². The van der Waals surface area contributed by atoms with Crippen molar-refractivity contribution in [3.05, 3.63) is 28.3 Å². The molecular formula is C27H34BClO7. The van der Waals surface area contributed by atoms with E-state index in [1.54, 1.807) is 32.9 Å². The predicted molar refractivity (Wildman–Crippen MR) is 133 cm³/mol. The predicted octanol–water partition coefficient (Wildman–Crippen LogP) is 5.64. The number of esters is 1. The monoisotopic (exact) mass is 516 g/mol. The van der Waals surface area contributed by atoms with Crippen molar-refractivity contribution in [3.8, 4) is 5.75 Å². The van der Waals surface area contributed by atoms with Gasteiger partial charge in [-0.3, -0.25) is 0 Å². The molecule has 0 radical (unpaired) electrons. The molecule has 7 nitrogen and oxygen atoms in total. The highest BCUT2D eigenvalue weighted by Crippen LogP contribution is 2.94. The van der Waals surface area contributed by atoms with Crippen LogP contribution in [0.5, 0.6) is 5.75 Å². The first-order valence-electron chi connectivity index (χ1n) is 13.2. The van der Waals surface area contributed by atoms with E-state index in [9.17, 15) is 9.59 Å². The van der Waals surface area contributed by atoms with Gasteiger partial charge in [0, 0.05) is 18.3 Å². The third kappa shape index (κ3) is 3.40. The summed E-state index contributed by atoms with van der Waals surface area (Å²) in [5, 5.41) is 0.147. The van der Waals surface area contributed by atoms with Crippen LogP contribution in [0.25, 0.3) is 0 Å². The lowest BCUT2D eigenvalue weighted by molar-refractivity contribution is -0.278. The molecule has 1 aromatic carbocycles. The molecule has 36 heavy (non-hydrogen) atoms. The molecule has 0 amide bonds. The van der Waals surface area contributed by atoms with Crippen LogP contribution < -0.4 is 4.74 Å². The summed E-state index contributed by atoms with van der Waals surface area (Å²) in [6.45, 7) is 9.74. The van der Waals surface area contributed by atoms with Gasteiger partial charge in [0.05, 0.1) is 17.2 Å². The third-order valence-corrected chi connectivity index (χ3v) is 9.57. The summed E-state index contributed by atoms with van der Waals surface area (Å²) in [7, 11) is -0.503. The zero-order valence-electron chi connectivity index (χ0n) is 21.6. The zero-order valence-corrected chi connectivity index (χ0v) is 22.4. The second-order valence-corrected chi connectivity index (χ2v) is 12.7. The molecule has 5 aliphatic rings. The van der Waals surface area contributed by atoms with Crippen molar-refractivity contribution in [2.75, 3.05) is 6.61 Å². The van der Waals surface area contributed by atoms with Crippen LogP contribution in [-0.4, -0.2) is 43.2 Å². The maximum absolute atomic E-state index is 13.0. The second-order valence-electron chi connectivity index (χ2n) is 12.3. The fourth-order valence-electron chi connectivity index (χ4n) is 8.11. The van der Waals surface area contributed by atoms with E-state index in [1.165, 1.54) is 6.42 Å². The second kappa shape index (κ2) is 8.11. The number of benzene rings is 1. The van der Waals surface area contributed by atoms with E-state index in [1.807, 2.05) is 6.92 Å². The number of carbonyl (C=O) groups is 2. The molecule has 6 rings (SSSR count). The molecule has 1 saturated heterocycles. The minimum Gasteiger partial charge on any atom is -0.462 e. The van der Waals surface area contributed by atoms with Crippen molar-refractivity contribution in [1.29, 1.82) is 0 Å². The average molecular weight is 517 g/mol. The third-order valence-electron chi connectivity index (χ3n) is 9.26. The Balaban J connectivity index is 1.27. The Labute approximate surface area is 217 Å². The lowest BCUT2D eigenvalue weighted by atomic mass is 9.42. The summed E-state index contributed by atoms with van der Waals surface area (Å²) in [5.41, 5.74) is 0.174. The van der Waals surface area contributed by atoms with Gasteiger partial charge < -0.3 is 23.5 Å². The number of halogens is 1. The lowest BCUT2D eigenvalue weighted by Gasteiger charge is -2.69. The maximum atomic E-state index is 13.0.